The monoisotopic (exact) mass is 382 g/mol. The average Bonchev–Trinajstić information content (AvgIpc) is 3.10. The number of ether oxygens (including phenoxy) is 1. The molecule has 3 fully saturated rings. The van der Waals surface area contributed by atoms with Gasteiger partial charge in [0.05, 0.1) is 18.2 Å². The average molecular weight is 382 g/mol. The van der Waals surface area contributed by atoms with Gasteiger partial charge in [-0.2, -0.15) is 13.2 Å². The molecular formula is C20H25F3N2O2. The maximum atomic E-state index is 12.7. The van der Waals surface area contributed by atoms with E-state index in [1.807, 2.05) is 4.90 Å². The number of halogens is 3. The molecule has 0 N–H and O–H groups in total. The van der Waals surface area contributed by atoms with Crippen molar-refractivity contribution in [1.29, 1.82) is 0 Å². The highest BCUT2D eigenvalue weighted by Gasteiger charge is 2.61. The number of likely N-dealkylation sites (tertiary alicyclic amines) is 1. The Balaban J connectivity index is 1.45. The van der Waals surface area contributed by atoms with E-state index in [-0.39, 0.29) is 17.9 Å². The minimum absolute atomic E-state index is 0.122. The van der Waals surface area contributed by atoms with Gasteiger partial charge >= 0.3 is 6.18 Å². The van der Waals surface area contributed by atoms with Crippen LogP contribution in [-0.4, -0.2) is 47.2 Å². The lowest BCUT2D eigenvalue weighted by atomic mass is 9.88. The van der Waals surface area contributed by atoms with E-state index in [0.29, 0.717) is 25.5 Å². The fraction of sp³-hybridized carbons (Fsp3) is 0.650. The van der Waals surface area contributed by atoms with E-state index in [4.69, 9.17) is 4.74 Å². The molecule has 27 heavy (non-hydrogen) atoms. The van der Waals surface area contributed by atoms with Gasteiger partial charge < -0.3 is 9.64 Å². The van der Waals surface area contributed by atoms with Gasteiger partial charge in [0.15, 0.2) is 0 Å². The minimum Gasteiger partial charge on any atom is -0.353 e. The lowest BCUT2D eigenvalue weighted by molar-refractivity contribution is -0.151. The van der Waals surface area contributed by atoms with Gasteiger partial charge in [-0.1, -0.05) is 26.0 Å². The Morgan fingerprint density at radius 1 is 1.26 bits per heavy atom. The summed E-state index contributed by atoms with van der Waals surface area (Å²) < 4.78 is 44.4. The number of alkyl halides is 3. The third kappa shape index (κ3) is 3.14. The predicted octanol–water partition coefficient (Wildman–Crippen LogP) is 3.51. The van der Waals surface area contributed by atoms with Crippen molar-refractivity contribution in [2.24, 2.45) is 11.8 Å². The number of rotatable bonds is 3. The van der Waals surface area contributed by atoms with Crippen molar-refractivity contribution < 1.29 is 22.7 Å². The van der Waals surface area contributed by atoms with Crippen molar-refractivity contribution >= 4 is 5.91 Å². The Bertz CT molecular complexity index is 719. The standard InChI is InChI=1S/C20H25F3N2O2/c1-13(2)17-12-27-19-7-8-24(11-16(19)9-18(26)25(17)19)10-14-3-5-15(6-4-14)20(21,22)23/h3-6,13,16-17H,7-12H2,1-2H3/t16-,17-,19-/m1/s1. The van der Waals surface area contributed by atoms with Gasteiger partial charge in [-0.15, -0.1) is 0 Å². The van der Waals surface area contributed by atoms with Crippen molar-refractivity contribution in [1.82, 2.24) is 9.80 Å². The number of nitrogens with zero attached hydrogens (tertiary/aromatic N) is 2. The quantitative estimate of drug-likeness (QED) is 0.802. The molecule has 0 saturated carbocycles. The number of carbonyl (C=O) groups excluding carboxylic acids is 1. The molecular weight excluding hydrogens is 357 g/mol. The first-order chi connectivity index (χ1) is 12.7. The summed E-state index contributed by atoms with van der Waals surface area (Å²) in [6.45, 7) is 6.92. The first kappa shape index (κ1) is 18.7. The summed E-state index contributed by atoms with van der Waals surface area (Å²) in [6, 6.07) is 5.49. The zero-order chi connectivity index (χ0) is 19.4. The highest BCUT2D eigenvalue weighted by Crippen LogP contribution is 2.49. The number of hydrogen-bond donors (Lipinski definition) is 0. The molecule has 4 nitrogen and oxygen atoms in total. The number of carbonyl (C=O) groups is 1. The highest BCUT2D eigenvalue weighted by molar-refractivity contribution is 5.81. The van der Waals surface area contributed by atoms with E-state index in [2.05, 4.69) is 18.7 Å². The lowest BCUT2D eigenvalue weighted by Gasteiger charge is -2.44. The number of hydrogen-bond acceptors (Lipinski definition) is 3. The molecule has 3 atom stereocenters. The van der Waals surface area contributed by atoms with Crippen LogP contribution in [0, 0.1) is 11.8 Å². The second kappa shape index (κ2) is 6.48. The van der Waals surface area contributed by atoms with Crippen molar-refractivity contribution in [3.05, 3.63) is 35.4 Å². The summed E-state index contributed by atoms with van der Waals surface area (Å²) in [5, 5.41) is 0. The van der Waals surface area contributed by atoms with Crippen molar-refractivity contribution in [2.45, 2.75) is 51.2 Å². The largest absolute Gasteiger partial charge is 0.416 e. The second-order valence-electron chi connectivity index (χ2n) is 8.31. The van der Waals surface area contributed by atoms with Crippen LogP contribution in [0.25, 0.3) is 0 Å². The van der Waals surface area contributed by atoms with Gasteiger partial charge in [-0.3, -0.25) is 9.69 Å². The smallest absolute Gasteiger partial charge is 0.353 e. The minimum atomic E-state index is -4.31. The van der Waals surface area contributed by atoms with Crippen LogP contribution in [0.2, 0.25) is 0 Å². The molecule has 0 aliphatic carbocycles. The molecule has 0 aromatic heterocycles. The third-order valence-corrected chi connectivity index (χ3v) is 6.29. The molecule has 0 unspecified atom stereocenters. The predicted molar refractivity (Wildman–Crippen MR) is 93.6 cm³/mol. The summed E-state index contributed by atoms with van der Waals surface area (Å²) in [4.78, 5) is 16.9. The lowest BCUT2D eigenvalue weighted by Crippen LogP contribution is -2.56. The fourth-order valence-corrected chi connectivity index (χ4v) is 4.85. The molecule has 1 aromatic rings. The second-order valence-corrected chi connectivity index (χ2v) is 8.31. The van der Waals surface area contributed by atoms with Gasteiger partial charge in [-0.25, -0.2) is 0 Å². The van der Waals surface area contributed by atoms with Gasteiger partial charge in [0.25, 0.3) is 0 Å². The van der Waals surface area contributed by atoms with Crippen molar-refractivity contribution in [3.63, 3.8) is 0 Å². The molecule has 148 valence electrons. The van der Waals surface area contributed by atoms with Crippen LogP contribution in [0.15, 0.2) is 24.3 Å². The van der Waals surface area contributed by atoms with Gasteiger partial charge in [-0.05, 0) is 23.6 Å². The zero-order valence-corrected chi connectivity index (χ0v) is 15.6. The Labute approximate surface area is 157 Å². The molecule has 1 amide bonds. The SMILES string of the molecule is CC(C)[C@H]1CO[C@]23CCN(Cc4ccc(C(F)(F)F)cc4)C[C@H]2CC(=O)N13. The Morgan fingerprint density at radius 3 is 2.59 bits per heavy atom. The van der Waals surface area contributed by atoms with Crippen LogP contribution >= 0.6 is 0 Å². The van der Waals surface area contributed by atoms with Gasteiger partial charge in [0, 0.05) is 38.4 Å². The molecule has 7 heteroatoms. The first-order valence-corrected chi connectivity index (χ1v) is 9.55. The molecule has 1 spiro atoms. The Morgan fingerprint density at radius 2 is 1.96 bits per heavy atom. The third-order valence-electron chi connectivity index (χ3n) is 6.29. The first-order valence-electron chi connectivity index (χ1n) is 9.55. The van der Waals surface area contributed by atoms with Crippen molar-refractivity contribution in [2.75, 3.05) is 19.7 Å². The topological polar surface area (TPSA) is 32.8 Å². The molecule has 0 bridgehead atoms. The van der Waals surface area contributed by atoms with Crippen LogP contribution in [0.5, 0.6) is 0 Å². The summed E-state index contributed by atoms with van der Waals surface area (Å²) in [7, 11) is 0. The maximum Gasteiger partial charge on any atom is 0.416 e. The van der Waals surface area contributed by atoms with E-state index < -0.39 is 17.5 Å². The Hall–Kier alpha value is -1.60. The van der Waals surface area contributed by atoms with E-state index in [0.717, 1.165) is 37.2 Å². The molecule has 3 aliphatic rings. The molecule has 3 aliphatic heterocycles. The van der Waals surface area contributed by atoms with Crippen LogP contribution in [0.4, 0.5) is 13.2 Å². The molecule has 3 heterocycles. The van der Waals surface area contributed by atoms with Crippen molar-refractivity contribution in [3.8, 4) is 0 Å². The van der Waals surface area contributed by atoms with Gasteiger partial charge in [0.1, 0.15) is 5.72 Å². The van der Waals surface area contributed by atoms with E-state index in [1.165, 1.54) is 0 Å². The number of piperidine rings is 1. The van der Waals surface area contributed by atoms with E-state index in [9.17, 15) is 18.0 Å². The summed E-state index contributed by atoms with van der Waals surface area (Å²) >= 11 is 0. The van der Waals surface area contributed by atoms with Crippen LogP contribution in [-0.2, 0) is 22.3 Å². The van der Waals surface area contributed by atoms with Crippen LogP contribution in [0.1, 0.15) is 37.8 Å². The van der Waals surface area contributed by atoms with E-state index >= 15 is 0 Å². The Kier molecular flexibility index (Phi) is 4.50. The molecule has 3 saturated heterocycles. The maximum absolute atomic E-state index is 12.7. The summed E-state index contributed by atoms with van der Waals surface area (Å²) in [5.74, 6) is 0.654. The molecule has 1 aromatic carbocycles. The zero-order valence-electron chi connectivity index (χ0n) is 15.6. The fourth-order valence-electron chi connectivity index (χ4n) is 4.85. The number of benzene rings is 1. The normalized spacial score (nSPS) is 31.5. The van der Waals surface area contributed by atoms with E-state index in [1.54, 1.807) is 12.1 Å². The van der Waals surface area contributed by atoms with Gasteiger partial charge in [0.2, 0.25) is 5.91 Å². The van der Waals surface area contributed by atoms with Crippen LogP contribution in [0.3, 0.4) is 0 Å². The van der Waals surface area contributed by atoms with Crippen LogP contribution < -0.4 is 0 Å². The highest BCUT2D eigenvalue weighted by atomic mass is 19.4. The molecule has 0 radical (unpaired) electrons. The summed E-state index contributed by atoms with van der Waals surface area (Å²) in [5.41, 5.74) is -0.240. The number of amides is 1. The summed E-state index contributed by atoms with van der Waals surface area (Å²) in [6.07, 6.45) is -3.06. The molecule has 4 rings (SSSR count).